The monoisotopic (exact) mass is 896 g/mol. The predicted octanol–water partition coefficient (Wildman–Crippen LogP) is 1.16. The number of carboxylic acid groups (broad SMARTS) is 1. The summed E-state index contributed by atoms with van der Waals surface area (Å²) in [6.07, 6.45) is -14.4. The molecule has 358 valence electrons. The summed E-state index contributed by atoms with van der Waals surface area (Å²) in [4.78, 5) is 26.1. The molecular formula is C46H72O17. The molecule has 3 aliphatic heterocycles. The van der Waals surface area contributed by atoms with Crippen LogP contribution in [0.25, 0.3) is 0 Å². The van der Waals surface area contributed by atoms with Crippen LogP contribution in [0.2, 0.25) is 0 Å². The molecule has 3 unspecified atom stereocenters. The number of fused-ring (bicyclic) bond motifs is 7. The third-order valence-corrected chi connectivity index (χ3v) is 18.1. The summed E-state index contributed by atoms with van der Waals surface area (Å²) in [5, 5.41) is 95.9. The molecule has 5 aliphatic carbocycles. The minimum Gasteiger partial charge on any atom is -0.479 e. The van der Waals surface area contributed by atoms with Gasteiger partial charge in [0.25, 0.3) is 0 Å². The molecule has 0 aromatic heterocycles. The van der Waals surface area contributed by atoms with Gasteiger partial charge in [0, 0.05) is 5.41 Å². The summed E-state index contributed by atoms with van der Waals surface area (Å²) in [6, 6.07) is 0. The van der Waals surface area contributed by atoms with Crippen molar-refractivity contribution < 1.29 is 84.0 Å². The average molecular weight is 897 g/mol. The van der Waals surface area contributed by atoms with Crippen LogP contribution >= 0.6 is 0 Å². The van der Waals surface area contributed by atoms with Gasteiger partial charge in [-0.15, -0.1) is 0 Å². The van der Waals surface area contributed by atoms with Crippen molar-refractivity contribution in [1.82, 2.24) is 0 Å². The van der Waals surface area contributed by atoms with E-state index in [4.69, 9.17) is 28.4 Å². The van der Waals surface area contributed by atoms with Crippen molar-refractivity contribution in [2.24, 2.45) is 51.8 Å². The maximum absolute atomic E-state index is 13.4. The number of aliphatic hydroxyl groups is 8. The van der Waals surface area contributed by atoms with Gasteiger partial charge in [0.2, 0.25) is 0 Å². The quantitative estimate of drug-likeness (QED) is 0.116. The molecule has 17 heteroatoms. The number of aliphatic hydroxyl groups excluding tert-OH is 8. The van der Waals surface area contributed by atoms with Gasteiger partial charge in [-0.3, -0.25) is 4.79 Å². The van der Waals surface area contributed by atoms with E-state index < -0.39 is 111 Å². The maximum Gasteiger partial charge on any atom is 0.335 e. The SMILES string of the molecule is CC(=O)[C@@]12CCC3C(=CCC4[C@@]3(C)CCC3[C@@H](C)[C@@H](O[C@@H]5O[C@H](C(=O)O)[C@@H](O)[C@H](O[C@@H]6O[C@@H](C)[C@H](O)[C@@H](O)[C@H]6O)[C@H]5O[C@@H]5O[C@H](CO)[C@H](O)[C@H](O)[C@H]5O)CC[C@@]34C)[C@@H]1C[C@@H](C)CC2. The standard InChI is InChI=1S/C46H72O17/c1-19-9-15-46(22(4)48)16-11-25-23(26(46)17-19)7-8-29-44(5)14-12-27(20(2)24(44)10-13-45(25,29)6)59-43-39(63-42-35(54)33(52)31(50)28(18-47)60-42)37(36(55)38(62-43)40(56)57)61-41-34(53)32(51)30(49)21(3)58-41/h7,19-21,24-39,41-43,47,49-55H,8-18H2,1-6H3,(H,56,57)/t19-,20+,21-,24?,25?,26-,27-,28+,29?,30-,31-,32+,33-,34+,35+,36-,37-,38-,39+,41-,42-,43+,44-,45-,46+/m0/s1. The van der Waals surface area contributed by atoms with E-state index in [0.717, 1.165) is 57.8 Å². The molecule has 0 amide bonds. The van der Waals surface area contributed by atoms with Crippen LogP contribution < -0.4 is 0 Å². The Hall–Kier alpha value is -1.68. The zero-order valence-corrected chi connectivity index (χ0v) is 37.3. The number of carboxylic acids is 1. The lowest BCUT2D eigenvalue weighted by atomic mass is 9.38. The first-order chi connectivity index (χ1) is 29.7. The summed E-state index contributed by atoms with van der Waals surface area (Å²) < 4.78 is 36.4. The molecule has 3 heterocycles. The van der Waals surface area contributed by atoms with Crippen molar-refractivity contribution >= 4 is 11.8 Å². The van der Waals surface area contributed by atoms with Crippen LogP contribution in [0.3, 0.4) is 0 Å². The largest absolute Gasteiger partial charge is 0.479 e. The molecule has 17 nitrogen and oxygen atoms in total. The molecule has 4 saturated carbocycles. The number of ether oxygens (including phenoxy) is 6. The van der Waals surface area contributed by atoms with Crippen molar-refractivity contribution in [2.45, 2.75) is 204 Å². The second-order valence-electron chi connectivity index (χ2n) is 21.3. The first-order valence-corrected chi connectivity index (χ1v) is 23.4. The van der Waals surface area contributed by atoms with Gasteiger partial charge in [0.05, 0.1) is 18.8 Å². The lowest BCUT2D eigenvalue weighted by Crippen LogP contribution is -2.68. The molecule has 8 aliphatic rings. The molecular weight excluding hydrogens is 824 g/mol. The van der Waals surface area contributed by atoms with Gasteiger partial charge in [-0.2, -0.15) is 0 Å². The molecule has 0 bridgehead atoms. The lowest BCUT2D eigenvalue weighted by Gasteiger charge is -2.66. The van der Waals surface area contributed by atoms with Crippen LogP contribution in [0.15, 0.2) is 11.6 Å². The summed E-state index contributed by atoms with van der Waals surface area (Å²) >= 11 is 0. The molecule has 3 saturated heterocycles. The average Bonchev–Trinajstić information content (AvgIpc) is 3.24. The van der Waals surface area contributed by atoms with Gasteiger partial charge >= 0.3 is 5.97 Å². The fraction of sp³-hybridized carbons (Fsp3) is 0.913. The van der Waals surface area contributed by atoms with Crippen LogP contribution in [0, 0.1) is 51.8 Å². The highest BCUT2D eigenvalue weighted by molar-refractivity contribution is 5.83. The molecule has 63 heavy (non-hydrogen) atoms. The number of aliphatic carboxylic acids is 1. The lowest BCUT2D eigenvalue weighted by molar-refractivity contribution is -0.393. The van der Waals surface area contributed by atoms with E-state index in [9.17, 15) is 55.5 Å². The Morgan fingerprint density at radius 1 is 0.698 bits per heavy atom. The van der Waals surface area contributed by atoms with Crippen LogP contribution in [-0.4, -0.2) is 163 Å². The second-order valence-corrected chi connectivity index (χ2v) is 21.3. The molecule has 0 radical (unpaired) electrons. The number of hydrogen-bond acceptors (Lipinski definition) is 16. The minimum atomic E-state index is -2.03. The van der Waals surface area contributed by atoms with Gasteiger partial charge in [-0.25, -0.2) is 4.79 Å². The van der Waals surface area contributed by atoms with Crippen LogP contribution in [0.4, 0.5) is 0 Å². The Balaban J connectivity index is 1.07. The minimum absolute atomic E-state index is 0.0471. The first kappa shape index (κ1) is 47.8. The normalized spacial score (nSPS) is 54.7. The second kappa shape index (κ2) is 17.8. The van der Waals surface area contributed by atoms with Crippen molar-refractivity contribution in [3.63, 3.8) is 0 Å². The summed E-state index contributed by atoms with van der Waals surface area (Å²) in [5.41, 5.74) is 1.24. The first-order valence-electron chi connectivity index (χ1n) is 23.4. The smallest absolute Gasteiger partial charge is 0.335 e. The van der Waals surface area contributed by atoms with Crippen LogP contribution in [0.1, 0.15) is 106 Å². The highest BCUT2D eigenvalue weighted by Gasteiger charge is 2.64. The number of carbonyl (C=O) groups is 2. The van der Waals surface area contributed by atoms with Gasteiger partial charge in [-0.05, 0) is 124 Å². The van der Waals surface area contributed by atoms with Crippen molar-refractivity contribution in [3.8, 4) is 0 Å². The number of hydrogen-bond donors (Lipinski definition) is 9. The summed E-state index contributed by atoms with van der Waals surface area (Å²) in [6.45, 7) is 11.8. The number of rotatable bonds is 9. The van der Waals surface area contributed by atoms with E-state index in [1.165, 1.54) is 12.5 Å². The molecule has 25 atom stereocenters. The highest BCUT2D eigenvalue weighted by atomic mass is 16.8. The number of allylic oxidation sites excluding steroid dienone is 2. The predicted molar refractivity (Wildman–Crippen MR) is 219 cm³/mol. The van der Waals surface area contributed by atoms with Crippen molar-refractivity contribution in [2.75, 3.05) is 6.61 Å². The zero-order chi connectivity index (χ0) is 45.7. The summed E-state index contributed by atoms with van der Waals surface area (Å²) in [5.74, 6) is 0.549. The van der Waals surface area contributed by atoms with E-state index >= 15 is 0 Å². The third-order valence-electron chi connectivity index (χ3n) is 18.1. The molecule has 0 aromatic rings. The Morgan fingerprint density at radius 2 is 1.33 bits per heavy atom. The fourth-order valence-corrected chi connectivity index (χ4v) is 14.4. The Kier molecular flexibility index (Phi) is 13.5. The molecule has 0 spiro atoms. The molecule has 9 N–H and O–H groups in total. The summed E-state index contributed by atoms with van der Waals surface area (Å²) in [7, 11) is 0. The molecule has 0 aromatic carbocycles. The van der Waals surface area contributed by atoms with Gasteiger partial charge < -0.3 is 74.4 Å². The fourth-order valence-electron chi connectivity index (χ4n) is 14.4. The van der Waals surface area contributed by atoms with E-state index in [1.54, 1.807) is 6.92 Å². The third kappa shape index (κ3) is 7.88. The van der Waals surface area contributed by atoms with E-state index in [0.29, 0.717) is 35.9 Å². The number of Topliss-reactive ketones (excluding diaryl/α,β-unsaturated/α-hetero) is 1. The Bertz CT molecular complexity index is 1710. The zero-order valence-electron chi connectivity index (χ0n) is 37.3. The number of carbonyl (C=O) groups excluding carboxylic acids is 1. The van der Waals surface area contributed by atoms with Crippen molar-refractivity contribution in [1.29, 1.82) is 0 Å². The van der Waals surface area contributed by atoms with E-state index in [2.05, 4.69) is 33.8 Å². The Morgan fingerprint density at radius 3 is 2.00 bits per heavy atom. The van der Waals surface area contributed by atoms with Gasteiger partial charge in [0.1, 0.15) is 66.8 Å². The van der Waals surface area contributed by atoms with Gasteiger partial charge in [0.15, 0.2) is 25.0 Å². The molecule has 8 rings (SSSR count). The van der Waals surface area contributed by atoms with Crippen LogP contribution in [-0.2, 0) is 38.0 Å². The van der Waals surface area contributed by atoms with Crippen molar-refractivity contribution in [3.05, 3.63) is 11.6 Å². The topological polar surface area (TPSA) is 272 Å². The van der Waals surface area contributed by atoms with Gasteiger partial charge in [-0.1, -0.05) is 39.3 Å². The van der Waals surface area contributed by atoms with E-state index in [1.807, 2.05) is 0 Å². The van der Waals surface area contributed by atoms with E-state index in [-0.39, 0.29) is 28.1 Å². The number of ketones is 1. The highest BCUT2D eigenvalue weighted by Crippen LogP contribution is 2.70. The molecule has 7 fully saturated rings. The maximum atomic E-state index is 13.4. The van der Waals surface area contributed by atoms with Crippen LogP contribution in [0.5, 0.6) is 0 Å². The Labute approximate surface area is 369 Å².